The molecule has 0 amide bonds. The van der Waals surface area contributed by atoms with Crippen LogP contribution in [0.15, 0.2) is 21.7 Å². The van der Waals surface area contributed by atoms with Gasteiger partial charge in [0.2, 0.25) is 10.0 Å². The van der Waals surface area contributed by atoms with Crippen molar-refractivity contribution in [2.24, 2.45) is 5.92 Å². The molecule has 1 aliphatic rings. The van der Waals surface area contributed by atoms with Crippen LogP contribution in [0.2, 0.25) is 5.02 Å². The molecule has 1 aliphatic heterocycles. The van der Waals surface area contributed by atoms with Gasteiger partial charge in [-0.05, 0) is 35.3 Å². The van der Waals surface area contributed by atoms with E-state index in [1.165, 1.54) is 12.1 Å². The van der Waals surface area contributed by atoms with Gasteiger partial charge < -0.3 is 5.11 Å². The zero-order chi connectivity index (χ0) is 15.9. The van der Waals surface area contributed by atoms with Crippen molar-refractivity contribution in [3.05, 3.63) is 17.2 Å². The number of hydrogen-bond acceptors (Lipinski definition) is 6. The summed E-state index contributed by atoms with van der Waals surface area (Å²) in [7, 11) is -3.89. The average molecular weight is 346 g/mol. The predicted molar refractivity (Wildman–Crippen MR) is 75.9 cm³/mol. The molecule has 0 saturated carbocycles. The predicted octanol–water partition coefficient (Wildman–Crippen LogP) is 1.36. The summed E-state index contributed by atoms with van der Waals surface area (Å²) < 4.78 is 31.2. The number of benzene rings is 1. The number of aliphatic carboxylic acids is 1. The first-order valence-electron chi connectivity index (χ1n) is 6.55. The Labute approximate surface area is 130 Å². The lowest BCUT2D eigenvalue weighted by Gasteiger charge is -2.29. The molecule has 1 N–H and O–H groups in total. The summed E-state index contributed by atoms with van der Waals surface area (Å²) in [6, 6.07) is 2.73. The first kappa shape index (κ1) is 15.2. The standard InChI is InChI=1S/C12H12ClN3O5S/c13-8-3-4-9(11-10(8)14-21-15-11)22(19,20)16-5-1-2-7(6-16)12(17)18/h3-4,7H,1-2,5-6H2,(H,17,18). The van der Waals surface area contributed by atoms with Crippen LogP contribution < -0.4 is 0 Å². The molecule has 10 heteroatoms. The molecule has 0 aliphatic carbocycles. The van der Waals surface area contributed by atoms with Crippen LogP contribution in [0.3, 0.4) is 0 Å². The zero-order valence-electron chi connectivity index (χ0n) is 11.3. The van der Waals surface area contributed by atoms with E-state index in [1.54, 1.807) is 0 Å². The minimum Gasteiger partial charge on any atom is -0.481 e. The molecule has 1 aromatic carbocycles. The van der Waals surface area contributed by atoms with Crippen molar-refractivity contribution in [3.63, 3.8) is 0 Å². The highest BCUT2D eigenvalue weighted by atomic mass is 35.5. The Bertz CT molecular complexity index is 834. The molecule has 8 nitrogen and oxygen atoms in total. The van der Waals surface area contributed by atoms with Crippen LogP contribution in [0.4, 0.5) is 0 Å². The van der Waals surface area contributed by atoms with Gasteiger partial charge in [0.15, 0.2) is 11.0 Å². The third-order valence-corrected chi connectivity index (χ3v) is 5.88. The number of nitrogens with zero attached hydrogens (tertiary/aromatic N) is 3. The van der Waals surface area contributed by atoms with E-state index in [-0.39, 0.29) is 34.0 Å². The number of sulfonamides is 1. The van der Waals surface area contributed by atoms with Crippen molar-refractivity contribution >= 4 is 38.6 Å². The maximum atomic E-state index is 12.8. The molecule has 2 aromatic rings. The Hall–Kier alpha value is -1.71. The van der Waals surface area contributed by atoms with Crippen molar-refractivity contribution in [2.45, 2.75) is 17.7 Å². The fourth-order valence-electron chi connectivity index (χ4n) is 2.52. The van der Waals surface area contributed by atoms with Crippen molar-refractivity contribution in [1.29, 1.82) is 0 Å². The third-order valence-electron chi connectivity index (χ3n) is 3.68. The summed E-state index contributed by atoms with van der Waals surface area (Å²) in [6.07, 6.45) is 0.951. The molecular formula is C12H12ClN3O5S. The summed E-state index contributed by atoms with van der Waals surface area (Å²) in [5, 5.41) is 16.5. The molecular weight excluding hydrogens is 334 g/mol. The van der Waals surface area contributed by atoms with Gasteiger partial charge in [0.1, 0.15) is 4.90 Å². The van der Waals surface area contributed by atoms with Crippen LogP contribution in [-0.4, -0.2) is 47.2 Å². The molecule has 2 heterocycles. The molecule has 0 bridgehead atoms. The lowest BCUT2D eigenvalue weighted by Crippen LogP contribution is -2.42. The normalized spacial score (nSPS) is 20.3. The van der Waals surface area contributed by atoms with Crippen LogP contribution in [-0.2, 0) is 14.8 Å². The lowest BCUT2D eigenvalue weighted by atomic mass is 10.0. The van der Waals surface area contributed by atoms with Gasteiger partial charge in [0, 0.05) is 13.1 Å². The third kappa shape index (κ3) is 2.44. The van der Waals surface area contributed by atoms with Crippen LogP contribution in [0, 0.1) is 5.92 Å². The topological polar surface area (TPSA) is 114 Å². The zero-order valence-corrected chi connectivity index (χ0v) is 12.8. The van der Waals surface area contributed by atoms with Crippen LogP contribution >= 0.6 is 11.6 Å². The molecule has 118 valence electrons. The van der Waals surface area contributed by atoms with Gasteiger partial charge in [-0.3, -0.25) is 4.79 Å². The number of aromatic nitrogens is 2. The van der Waals surface area contributed by atoms with Gasteiger partial charge in [-0.15, -0.1) is 0 Å². The molecule has 22 heavy (non-hydrogen) atoms. The maximum Gasteiger partial charge on any atom is 0.307 e. The second-order valence-corrected chi connectivity index (χ2v) is 7.36. The Morgan fingerprint density at radius 3 is 2.82 bits per heavy atom. The SMILES string of the molecule is O=C(O)C1CCCN(S(=O)(=O)c2ccc(Cl)c3nonc23)C1. The number of fused-ring (bicyclic) bond motifs is 1. The van der Waals surface area contributed by atoms with Gasteiger partial charge in [-0.1, -0.05) is 11.6 Å². The fourth-order valence-corrected chi connectivity index (χ4v) is 4.35. The Morgan fingerprint density at radius 1 is 1.36 bits per heavy atom. The maximum absolute atomic E-state index is 12.8. The van der Waals surface area contributed by atoms with E-state index >= 15 is 0 Å². The largest absolute Gasteiger partial charge is 0.481 e. The van der Waals surface area contributed by atoms with E-state index in [0.29, 0.717) is 12.8 Å². The summed E-state index contributed by atoms with van der Waals surface area (Å²) in [4.78, 5) is 11.0. The van der Waals surface area contributed by atoms with E-state index < -0.39 is 21.9 Å². The molecule has 1 atom stereocenters. The molecule has 1 unspecified atom stereocenters. The van der Waals surface area contributed by atoms with Crippen LogP contribution in [0.1, 0.15) is 12.8 Å². The minimum atomic E-state index is -3.89. The number of carboxylic acids is 1. The van der Waals surface area contributed by atoms with E-state index in [0.717, 1.165) is 4.31 Å². The average Bonchev–Trinajstić information content (AvgIpc) is 2.97. The molecule has 0 radical (unpaired) electrons. The summed E-state index contributed by atoms with van der Waals surface area (Å²) in [6.45, 7) is 0.203. The van der Waals surface area contributed by atoms with Crippen molar-refractivity contribution in [2.75, 3.05) is 13.1 Å². The number of carboxylic acid groups (broad SMARTS) is 1. The quantitative estimate of drug-likeness (QED) is 0.893. The van der Waals surface area contributed by atoms with Gasteiger partial charge in [0.25, 0.3) is 0 Å². The van der Waals surface area contributed by atoms with Crippen LogP contribution in [0.5, 0.6) is 0 Å². The number of rotatable bonds is 3. The number of hydrogen-bond donors (Lipinski definition) is 1. The Morgan fingerprint density at radius 2 is 2.09 bits per heavy atom. The molecule has 3 rings (SSSR count). The van der Waals surface area contributed by atoms with Gasteiger partial charge in [0.05, 0.1) is 10.9 Å². The molecule has 1 aromatic heterocycles. The van der Waals surface area contributed by atoms with E-state index in [4.69, 9.17) is 16.7 Å². The highest BCUT2D eigenvalue weighted by Crippen LogP contribution is 2.30. The highest BCUT2D eigenvalue weighted by Gasteiger charge is 2.35. The minimum absolute atomic E-state index is 0.0462. The fraction of sp³-hybridized carbons (Fsp3) is 0.417. The molecule has 1 saturated heterocycles. The van der Waals surface area contributed by atoms with Crippen LogP contribution in [0.25, 0.3) is 11.0 Å². The molecule has 1 fully saturated rings. The molecule has 0 spiro atoms. The van der Waals surface area contributed by atoms with Crippen molar-refractivity contribution in [3.8, 4) is 0 Å². The van der Waals surface area contributed by atoms with E-state index in [1.807, 2.05) is 0 Å². The smallest absolute Gasteiger partial charge is 0.307 e. The second-order valence-electron chi connectivity index (χ2n) is 5.05. The second kappa shape index (κ2) is 5.49. The summed E-state index contributed by atoms with van der Waals surface area (Å²) >= 11 is 5.92. The summed E-state index contributed by atoms with van der Waals surface area (Å²) in [5.74, 6) is -1.70. The number of carbonyl (C=O) groups is 1. The van der Waals surface area contributed by atoms with Crippen molar-refractivity contribution in [1.82, 2.24) is 14.6 Å². The van der Waals surface area contributed by atoms with E-state index in [9.17, 15) is 13.2 Å². The monoisotopic (exact) mass is 345 g/mol. The van der Waals surface area contributed by atoms with Crippen molar-refractivity contribution < 1.29 is 22.9 Å². The first-order chi connectivity index (χ1) is 10.4. The van der Waals surface area contributed by atoms with E-state index in [2.05, 4.69) is 14.9 Å². The number of piperidine rings is 1. The summed E-state index contributed by atoms with van der Waals surface area (Å²) in [5.41, 5.74) is 0.208. The Kier molecular flexibility index (Phi) is 3.79. The highest BCUT2D eigenvalue weighted by molar-refractivity contribution is 7.89. The lowest BCUT2D eigenvalue weighted by molar-refractivity contribution is -0.142. The first-order valence-corrected chi connectivity index (χ1v) is 8.37. The van der Waals surface area contributed by atoms with Gasteiger partial charge in [-0.2, -0.15) is 4.31 Å². The Balaban J connectivity index is 2.03. The van der Waals surface area contributed by atoms with Gasteiger partial charge >= 0.3 is 5.97 Å². The number of halogens is 1. The van der Waals surface area contributed by atoms with Gasteiger partial charge in [-0.25, -0.2) is 13.0 Å².